The van der Waals surface area contributed by atoms with E-state index in [0.29, 0.717) is 39.2 Å². The number of hydrogen-bond acceptors (Lipinski definition) is 3. The molecule has 0 bridgehead atoms. The van der Waals surface area contributed by atoms with E-state index in [-0.39, 0.29) is 5.91 Å². The van der Waals surface area contributed by atoms with Gasteiger partial charge in [0.1, 0.15) is 17.0 Å². The summed E-state index contributed by atoms with van der Waals surface area (Å²) in [5.41, 5.74) is 1.30. The predicted octanol–water partition coefficient (Wildman–Crippen LogP) is 6.83. The van der Waals surface area contributed by atoms with Crippen LogP contribution in [0.1, 0.15) is 74.4 Å². The van der Waals surface area contributed by atoms with Crippen molar-refractivity contribution in [2.24, 2.45) is 0 Å². The third-order valence-electron chi connectivity index (χ3n) is 4.61. The molecule has 0 saturated carbocycles. The summed E-state index contributed by atoms with van der Waals surface area (Å²) in [6.45, 7) is 4.58. The van der Waals surface area contributed by atoms with E-state index in [2.05, 4.69) is 17.4 Å². The number of rotatable bonds is 11. The SMILES string of the molecule is CCCCCCCCCCNC(=O)c1c(-c2c(Cl)cccc2Cl)noc1C. The number of amides is 1. The Morgan fingerprint density at radius 1 is 1.04 bits per heavy atom. The highest BCUT2D eigenvalue weighted by Gasteiger charge is 2.24. The van der Waals surface area contributed by atoms with Crippen LogP contribution in [0.5, 0.6) is 0 Å². The zero-order valence-electron chi connectivity index (χ0n) is 16.1. The Morgan fingerprint density at radius 2 is 1.63 bits per heavy atom. The lowest BCUT2D eigenvalue weighted by Gasteiger charge is -2.08. The Hall–Kier alpha value is -1.52. The number of carbonyl (C=O) groups is 1. The van der Waals surface area contributed by atoms with Crippen molar-refractivity contribution in [3.05, 3.63) is 39.6 Å². The van der Waals surface area contributed by atoms with Crippen LogP contribution in [-0.2, 0) is 0 Å². The highest BCUT2D eigenvalue weighted by Crippen LogP contribution is 2.36. The molecule has 1 aromatic heterocycles. The quantitative estimate of drug-likeness (QED) is 0.413. The van der Waals surface area contributed by atoms with E-state index in [1.54, 1.807) is 25.1 Å². The summed E-state index contributed by atoms with van der Waals surface area (Å²) in [5, 5.41) is 7.85. The molecule has 0 saturated heterocycles. The van der Waals surface area contributed by atoms with E-state index in [1.807, 2.05) is 0 Å². The van der Waals surface area contributed by atoms with Gasteiger partial charge in [-0.15, -0.1) is 0 Å². The van der Waals surface area contributed by atoms with E-state index in [1.165, 1.54) is 38.5 Å². The number of nitrogens with one attached hydrogen (secondary N) is 1. The van der Waals surface area contributed by atoms with Crippen LogP contribution >= 0.6 is 23.2 Å². The van der Waals surface area contributed by atoms with Crippen LogP contribution in [0.4, 0.5) is 0 Å². The summed E-state index contributed by atoms with van der Waals surface area (Å²) < 4.78 is 5.24. The first-order valence-corrected chi connectivity index (χ1v) is 10.5. The molecule has 148 valence electrons. The molecular formula is C21H28Cl2N2O2. The van der Waals surface area contributed by atoms with E-state index in [9.17, 15) is 4.79 Å². The van der Waals surface area contributed by atoms with E-state index in [4.69, 9.17) is 27.7 Å². The molecule has 0 aliphatic rings. The maximum atomic E-state index is 12.7. The van der Waals surface area contributed by atoms with Gasteiger partial charge in [-0.3, -0.25) is 4.79 Å². The van der Waals surface area contributed by atoms with E-state index in [0.717, 1.165) is 12.8 Å². The molecule has 0 aliphatic heterocycles. The summed E-state index contributed by atoms with van der Waals surface area (Å²) in [5.74, 6) is 0.247. The van der Waals surface area contributed by atoms with Crippen LogP contribution in [0.2, 0.25) is 10.0 Å². The molecule has 0 spiro atoms. The number of halogens is 2. The van der Waals surface area contributed by atoms with Crippen molar-refractivity contribution in [2.45, 2.75) is 65.2 Å². The van der Waals surface area contributed by atoms with Gasteiger partial charge in [-0.25, -0.2) is 0 Å². The fourth-order valence-electron chi connectivity index (χ4n) is 3.08. The minimum Gasteiger partial charge on any atom is -0.360 e. The van der Waals surface area contributed by atoms with Crippen LogP contribution in [0.25, 0.3) is 11.3 Å². The summed E-state index contributed by atoms with van der Waals surface area (Å²) >= 11 is 12.5. The molecule has 1 amide bonds. The van der Waals surface area contributed by atoms with Crippen molar-refractivity contribution in [3.8, 4) is 11.3 Å². The standard InChI is InChI=1S/C21H28Cl2N2O2/c1-3-4-5-6-7-8-9-10-14-24-21(26)18-15(2)27-25-20(18)19-16(22)12-11-13-17(19)23/h11-13H,3-10,14H2,1-2H3,(H,24,26). The van der Waals surface area contributed by atoms with Gasteiger partial charge in [0.05, 0.1) is 10.0 Å². The minimum absolute atomic E-state index is 0.206. The Bertz CT molecular complexity index is 724. The molecule has 4 nitrogen and oxygen atoms in total. The predicted molar refractivity (Wildman–Crippen MR) is 112 cm³/mol. The molecule has 1 aromatic carbocycles. The molecule has 2 aromatic rings. The molecule has 2 rings (SSSR count). The summed E-state index contributed by atoms with van der Waals surface area (Å²) in [6, 6.07) is 5.19. The molecular weight excluding hydrogens is 383 g/mol. The van der Waals surface area contributed by atoms with Crippen molar-refractivity contribution in [3.63, 3.8) is 0 Å². The highest BCUT2D eigenvalue weighted by atomic mass is 35.5. The van der Waals surface area contributed by atoms with Crippen LogP contribution < -0.4 is 5.32 Å². The number of hydrogen-bond donors (Lipinski definition) is 1. The average molecular weight is 411 g/mol. The first-order chi connectivity index (χ1) is 13.1. The maximum Gasteiger partial charge on any atom is 0.257 e. The van der Waals surface area contributed by atoms with Gasteiger partial charge in [-0.2, -0.15) is 0 Å². The molecule has 0 atom stereocenters. The number of carbonyl (C=O) groups excluding carboxylic acids is 1. The molecule has 1 heterocycles. The van der Waals surface area contributed by atoms with Crippen molar-refractivity contribution in [1.82, 2.24) is 10.5 Å². The molecule has 0 unspecified atom stereocenters. The second-order valence-corrected chi connectivity index (χ2v) is 7.60. The number of aromatic nitrogens is 1. The van der Waals surface area contributed by atoms with Crippen LogP contribution in [0.3, 0.4) is 0 Å². The summed E-state index contributed by atoms with van der Waals surface area (Å²) in [6.07, 6.45) is 9.81. The van der Waals surface area contributed by atoms with Crippen molar-refractivity contribution < 1.29 is 9.32 Å². The van der Waals surface area contributed by atoms with Gasteiger partial charge in [0, 0.05) is 12.1 Å². The fraction of sp³-hybridized carbons (Fsp3) is 0.524. The molecule has 1 N–H and O–H groups in total. The first kappa shape index (κ1) is 21.8. The van der Waals surface area contributed by atoms with Crippen molar-refractivity contribution in [2.75, 3.05) is 6.54 Å². The number of aryl methyl sites for hydroxylation is 1. The minimum atomic E-state index is -0.206. The monoisotopic (exact) mass is 410 g/mol. The Labute approximate surface area is 171 Å². The summed E-state index contributed by atoms with van der Waals surface area (Å²) in [4.78, 5) is 12.7. The maximum absolute atomic E-state index is 12.7. The lowest BCUT2D eigenvalue weighted by molar-refractivity contribution is 0.0952. The zero-order chi connectivity index (χ0) is 19.6. The second kappa shape index (κ2) is 11.4. The topological polar surface area (TPSA) is 55.1 Å². The molecule has 27 heavy (non-hydrogen) atoms. The van der Waals surface area contributed by atoms with E-state index < -0.39 is 0 Å². The molecule has 0 aliphatic carbocycles. The molecule has 0 radical (unpaired) electrons. The Morgan fingerprint density at radius 3 is 2.26 bits per heavy atom. The van der Waals surface area contributed by atoms with Crippen LogP contribution in [0.15, 0.2) is 22.7 Å². The molecule has 6 heteroatoms. The van der Waals surface area contributed by atoms with Gasteiger partial charge in [0.2, 0.25) is 0 Å². The van der Waals surface area contributed by atoms with Gasteiger partial charge >= 0.3 is 0 Å². The number of unbranched alkanes of at least 4 members (excludes halogenated alkanes) is 7. The summed E-state index contributed by atoms with van der Waals surface area (Å²) in [7, 11) is 0. The third kappa shape index (κ3) is 6.25. The highest BCUT2D eigenvalue weighted by molar-refractivity contribution is 6.39. The van der Waals surface area contributed by atoms with Crippen LogP contribution in [0, 0.1) is 6.92 Å². The van der Waals surface area contributed by atoms with Gasteiger partial charge in [-0.1, -0.05) is 86.3 Å². The normalized spacial score (nSPS) is 11.0. The first-order valence-electron chi connectivity index (χ1n) is 9.75. The van der Waals surface area contributed by atoms with E-state index >= 15 is 0 Å². The zero-order valence-corrected chi connectivity index (χ0v) is 17.6. The van der Waals surface area contributed by atoms with Gasteiger partial charge in [0.25, 0.3) is 5.91 Å². The lowest BCUT2D eigenvalue weighted by atomic mass is 10.1. The third-order valence-corrected chi connectivity index (χ3v) is 5.24. The second-order valence-electron chi connectivity index (χ2n) is 6.79. The fourth-order valence-corrected chi connectivity index (χ4v) is 3.66. The van der Waals surface area contributed by atoms with Crippen LogP contribution in [-0.4, -0.2) is 17.6 Å². The lowest BCUT2D eigenvalue weighted by Crippen LogP contribution is -2.25. The molecule has 0 fully saturated rings. The smallest absolute Gasteiger partial charge is 0.257 e. The van der Waals surface area contributed by atoms with Crippen molar-refractivity contribution >= 4 is 29.1 Å². The average Bonchev–Trinajstić information content (AvgIpc) is 3.01. The van der Waals surface area contributed by atoms with Crippen molar-refractivity contribution in [1.29, 1.82) is 0 Å². The Kier molecular flexibility index (Phi) is 9.16. The largest absolute Gasteiger partial charge is 0.360 e. The number of nitrogens with zero attached hydrogens (tertiary/aromatic N) is 1. The van der Waals surface area contributed by atoms with Gasteiger partial charge < -0.3 is 9.84 Å². The Balaban J connectivity index is 1.88. The number of benzene rings is 1. The van der Waals surface area contributed by atoms with Gasteiger partial charge in [-0.05, 0) is 25.5 Å². The van der Waals surface area contributed by atoms with Gasteiger partial charge in [0.15, 0.2) is 0 Å².